The average molecular weight is 350 g/mol. The van der Waals surface area contributed by atoms with Gasteiger partial charge in [0.2, 0.25) is 0 Å². The van der Waals surface area contributed by atoms with E-state index in [2.05, 4.69) is 15.5 Å². The minimum atomic E-state index is -0.506. The van der Waals surface area contributed by atoms with Gasteiger partial charge < -0.3 is 10.1 Å². The maximum Gasteiger partial charge on any atom is 0.270 e. The van der Waals surface area contributed by atoms with Crippen molar-refractivity contribution in [1.29, 1.82) is 0 Å². The first-order chi connectivity index (χ1) is 12.6. The van der Waals surface area contributed by atoms with Crippen LogP contribution in [-0.2, 0) is 0 Å². The van der Waals surface area contributed by atoms with Gasteiger partial charge in [-0.25, -0.2) is 0 Å². The molecule has 8 nitrogen and oxygen atoms in total. The Hall–Kier alpha value is -3.68. The molecule has 2 heterocycles. The lowest BCUT2D eigenvalue weighted by atomic mass is 9.96. The normalized spacial score (nSPS) is 15.4. The van der Waals surface area contributed by atoms with Gasteiger partial charge in [0.25, 0.3) is 11.6 Å². The van der Waals surface area contributed by atoms with Crippen molar-refractivity contribution >= 4 is 11.6 Å². The van der Waals surface area contributed by atoms with Crippen molar-refractivity contribution in [3.63, 3.8) is 0 Å². The summed E-state index contributed by atoms with van der Waals surface area (Å²) >= 11 is 0. The highest BCUT2D eigenvalue weighted by Crippen LogP contribution is 2.38. The van der Waals surface area contributed by atoms with Crippen molar-refractivity contribution in [2.75, 3.05) is 7.11 Å². The first kappa shape index (κ1) is 15.8. The number of non-ortho nitro benzene ring substituents is 1. The lowest BCUT2D eigenvalue weighted by Gasteiger charge is -2.13. The molecule has 8 heteroatoms. The van der Waals surface area contributed by atoms with E-state index in [0.29, 0.717) is 28.3 Å². The summed E-state index contributed by atoms with van der Waals surface area (Å²) in [6.07, 6.45) is 0. The minimum Gasteiger partial charge on any atom is -0.497 e. The van der Waals surface area contributed by atoms with Gasteiger partial charge in [-0.1, -0.05) is 12.1 Å². The molecule has 0 saturated carbocycles. The van der Waals surface area contributed by atoms with Crippen molar-refractivity contribution in [2.45, 2.75) is 6.04 Å². The summed E-state index contributed by atoms with van der Waals surface area (Å²) in [7, 11) is 1.59. The molecule has 0 aliphatic carbocycles. The summed E-state index contributed by atoms with van der Waals surface area (Å²) in [6.45, 7) is 0. The zero-order chi connectivity index (χ0) is 18.3. The highest BCUT2D eigenvalue weighted by molar-refractivity contribution is 6.00. The molecule has 0 saturated heterocycles. The molecule has 1 aliphatic rings. The summed E-state index contributed by atoms with van der Waals surface area (Å²) in [4.78, 5) is 22.9. The van der Waals surface area contributed by atoms with Crippen LogP contribution in [0.3, 0.4) is 0 Å². The third-order valence-corrected chi connectivity index (χ3v) is 4.37. The van der Waals surface area contributed by atoms with Crippen LogP contribution in [-0.4, -0.2) is 28.1 Å². The van der Waals surface area contributed by atoms with E-state index in [4.69, 9.17) is 4.74 Å². The van der Waals surface area contributed by atoms with Crippen LogP contribution in [0.4, 0.5) is 5.69 Å². The highest BCUT2D eigenvalue weighted by atomic mass is 16.6. The molecule has 0 fully saturated rings. The van der Waals surface area contributed by atoms with E-state index >= 15 is 0 Å². The summed E-state index contributed by atoms with van der Waals surface area (Å²) < 4.78 is 5.16. The number of nitrogens with one attached hydrogen (secondary N) is 2. The number of benzene rings is 2. The fraction of sp³-hybridized carbons (Fsp3) is 0.111. The number of nitro groups is 1. The molecule has 0 bridgehead atoms. The SMILES string of the molecule is COc1ccc(-c2n[nH]c3c2C(c2cccc([N+](=O)[O-])c2)NC3=O)cc1. The molecule has 1 unspecified atom stereocenters. The molecule has 0 spiro atoms. The molecule has 0 radical (unpaired) electrons. The second-order valence-electron chi connectivity index (χ2n) is 5.85. The number of amides is 1. The van der Waals surface area contributed by atoms with Gasteiger partial charge in [-0.2, -0.15) is 5.10 Å². The molecule has 3 aromatic rings. The molecule has 1 aromatic heterocycles. The number of aromatic nitrogens is 2. The second-order valence-corrected chi connectivity index (χ2v) is 5.85. The first-order valence-electron chi connectivity index (χ1n) is 7.86. The van der Waals surface area contributed by atoms with Crippen molar-refractivity contribution in [3.8, 4) is 17.0 Å². The Kier molecular flexibility index (Phi) is 3.65. The number of methoxy groups -OCH3 is 1. The first-order valence-corrected chi connectivity index (χ1v) is 7.86. The largest absolute Gasteiger partial charge is 0.497 e. The second kappa shape index (κ2) is 5.99. The van der Waals surface area contributed by atoms with Crippen LogP contribution in [0.1, 0.15) is 27.7 Å². The quantitative estimate of drug-likeness (QED) is 0.555. The molecule has 26 heavy (non-hydrogen) atoms. The summed E-state index contributed by atoms with van der Waals surface area (Å²) in [5.41, 5.74) is 3.09. The van der Waals surface area contributed by atoms with Crippen molar-refractivity contribution in [1.82, 2.24) is 15.5 Å². The van der Waals surface area contributed by atoms with Crippen LogP contribution in [0.2, 0.25) is 0 Å². The van der Waals surface area contributed by atoms with Gasteiger partial charge in [-0.3, -0.25) is 20.0 Å². The van der Waals surface area contributed by atoms with Gasteiger partial charge in [-0.15, -0.1) is 0 Å². The summed E-state index contributed by atoms with van der Waals surface area (Å²) in [6, 6.07) is 13.0. The zero-order valence-electron chi connectivity index (χ0n) is 13.7. The summed E-state index contributed by atoms with van der Waals surface area (Å²) in [5, 5.41) is 21.0. The number of aromatic amines is 1. The Morgan fingerprint density at radius 3 is 2.65 bits per heavy atom. The Labute approximate surface area is 148 Å². The molecule has 130 valence electrons. The molecule has 1 aliphatic heterocycles. The standard InChI is InChI=1S/C18H14N4O4/c1-26-13-7-5-10(6-8-13)16-14-15(19-18(23)17(14)21-20-16)11-3-2-4-12(9-11)22(24)25/h2-9,15H,1H3,(H,19,23)(H,20,21). The number of hydrogen-bond donors (Lipinski definition) is 2. The summed E-state index contributed by atoms with van der Waals surface area (Å²) in [5.74, 6) is 0.425. The topological polar surface area (TPSA) is 110 Å². The zero-order valence-corrected chi connectivity index (χ0v) is 13.7. The van der Waals surface area contributed by atoms with Crippen molar-refractivity contribution in [3.05, 3.63) is 75.5 Å². The highest BCUT2D eigenvalue weighted by Gasteiger charge is 2.35. The van der Waals surface area contributed by atoms with Gasteiger partial charge in [-0.05, 0) is 29.8 Å². The van der Waals surface area contributed by atoms with E-state index in [9.17, 15) is 14.9 Å². The van der Waals surface area contributed by atoms with Gasteiger partial charge >= 0.3 is 0 Å². The minimum absolute atomic E-state index is 0.0281. The van der Waals surface area contributed by atoms with Crippen LogP contribution < -0.4 is 10.1 Å². The Morgan fingerprint density at radius 1 is 1.19 bits per heavy atom. The molecule has 1 amide bonds. The van der Waals surface area contributed by atoms with Gasteiger partial charge in [0.05, 0.1) is 23.8 Å². The fourth-order valence-electron chi connectivity index (χ4n) is 3.12. The maximum absolute atomic E-state index is 12.3. The van der Waals surface area contributed by atoms with E-state index in [1.54, 1.807) is 19.2 Å². The Morgan fingerprint density at radius 2 is 1.96 bits per heavy atom. The monoisotopic (exact) mass is 350 g/mol. The number of nitrogens with zero attached hydrogens (tertiary/aromatic N) is 2. The van der Waals surface area contributed by atoms with Crippen molar-refractivity contribution in [2.24, 2.45) is 0 Å². The lowest BCUT2D eigenvalue weighted by molar-refractivity contribution is -0.384. The van der Waals surface area contributed by atoms with E-state index in [-0.39, 0.29) is 11.6 Å². The number of nitro benzene ring substituents is 1. The number of H-pyrrole nitrogens is 1. The van der Waals surface area contributed by atoms with E-state index < -0.39 is 11.0 Å². The number of ether oxygens (including phenoxy) is 1. The van der Waals surface area contributed by atoms with Crippen LogP contribution in [0.15, 0.2) is 48.5 Å². The predicted molar refractivity (Wildman–Crippen MR) is 93.0 cm³/mol. The fourth-order valence-corrected chi connectivity index (χ4v) is 3.12. The predicted octanol–water partition coefficient (Wildman–Crippen LogP) is 2.83. The Balaban J connectivity index is 1.81. The molecule has 2 aromatic carbocycles. The van der Waals surface area contributed by atoms with Crippen LogP contribution >= 0.6 is 0 Å². The van der Waals surface area contributed by atoms with E-state index in [0.717, 1.165) is 5.56 Å². The lowest BCUT2D eigenvalue weighted by Crippen LogP contribution is -2.21. The van der Waals surface area contributed by atoms with Crippen LogP contribution in [0.5, 0.6) is 5.75 Å². The maximum atomic E-state index is 12.3. The molecule has 4 rings (SSSR count). The molecule has 1 atom stereocenters. The third kappa shape index (κ3) is 2.48. The van der Waals surface area contributed by atoms with Gasteiger partial charge in [0, 0.05) is 23.3 Å². The number of carbonyl (C=O) groups is 1. The molecular formula is C18H14N4O4. The van der Waals surface area contributed by atoms with E-state index in [1.165, 1.54) is 12.1 Å². The number of fused-ring (bicyclic) bond motifs is 1. The molecular weight excluding hydrogens is 336 g/mol. The Bertz CT molecular complexity index is 1010. The molecule has 2 N–H and O–H groups in total. The average Bonchev–Trinajstić information content (AvgIpc) is 3.23. The number of hydrogen-bond acceptors (Lipinski definition) is 5. The third-order valence-electron chi connectivity index (χ3n) is 4.37. The van der Waals surface area contributed by atoms with E-state index in [1.807, 2.05) is 24.3 Å². The number of rotatable bonds is 4. The number of carbonyl (C=O) groups excluding carboxylic acids is 1. The van der Waals surface area contributed by atoms with Crippen LogP contribution in [0.25, 0.3) is 11.3 Å². The van der Waals surface area contributed by atoms with Crippen molar-refractivity contribution < 1.29 is 14.5 Å². The van der Waals surface area contributed by atoms with Gasteiger partial charge in [0.15, 0.2) is 0 Å². The van der Waals surface area contributed by atoms with Gasteiger partial charge in [0.1, 0.15) is 11.4 Å². The smallest absolute Gasteiger partial charge is 0.270 e. The van der Waals surface area contributed by atoms with Crippen LogP contribution in [0, 0.1) is 10.1 Å².